The van der Waals surface area contributed by atoms with Crippen LogP contribution in [0.2, 0.25) is 0 Å². The van der Waals surface area contributed by atoms with Gasteiger partial charge in [0.2, 0.25) is 10.0 Å². The van der Waals surface area contributed by atoms with Crippen LogP contribution in [-0.4, -0.2) is 29.3 Å². The van der Waals surface area contributed by atoms with Crippen LogP contribution in [-0.2, 0) is 16.4 Å². The molecule has 2 aromatic heterocycles. The number of aryl methyl sites for hydroxylation is 3. The molecule has 1 aliphatic rings. The molecule has 2 atom stereocenters. The Kier molecular flexibility index (Phi) is 7.22. The maximum atomic E-state index is 11.8. The molecule has 9 heteroatoms. The number of benzene rings is 2. The maximum Gasteiger partial charge on any atom is 0.229 e. The molecule has 1 aliphatic heterocycles. The van der Waals surface area contributed by atoms with Crippen LogP contribution in [0.3, 0.4) is 0 Å². The van der Waals surface area contributed by atoms with Crippen LogP contribution in [0.25, 0.3) is 5.69 Å². The Labute approximate surface area is 235 Å². The van der Waals surface area contributed by atoms with E-state index in [0.29, 0.717) is 10.8 Å². The lowest BCUT2D eigenvalue weighted by Gasteiger charge is -2.29. The van der Waals surface area contributed by atoms with Crippen molar-refractivity contribution in [2.45, 2.75) is 46.2 Å². The summed E-state index contributed by atoms with van der Waals surface area (Å²) >= 11 is 5.91. The minimum Gasteiger partial charge on any atom is -0.351 e. The number of thiocarbonyl (C=S) groups is 1. The third kappa shape index (κ3) is 5.29. The molecule has 39 heavy (non-hydrogen) atoms. The molecule has 0 saturated carbocycles. The van der Waals surface area contributed by atoms with Crippen LogP contribution in [0, 0.1) is 20.8 Å². The Morgan fingerprint density at radius 3 is 2.33 bits per heavy atom. The first-order valence-corrected chi connectivity index (χ1v) is 15.2. The Hall–Kier alpha value is -3.69. The summed E-state index contributed by atoms with van der Waals surface area (Å²) < 4.78 is 28.6. The summed E-state index contributed by atoms with van der Waals surface area (Å²) in [6.45, 7) is 8.32. The summed E-state index contributed by atoms with van der Waals surface area (Å²) in [5.41, 5.74) is 8.96. The number of hydrogen-bond acceptors (Lipinski definition) is 4. The third-order valence-electron chi connectivity index (χ3n) is 7.27. The number of sulfonamides is 1. The second kappa shape index (κ2) is 10.5. The molecule has 0 amide bonds. The topological polar surface area (TPSA) is 79.3 Å². The van der Waals surface area contributed by atoms with E-state index in [-0.39, 0.29) is 12.1 Å². The highest BCUT2D eigenvalue weighted by molar-refractivity contribution is 7.92. The van der Waals surface area contributed by atoms with Gasteiger partial charge < -0.3 is 14.8 Å². The van der Waals surface area contributed by atoms with Crippen LogP contribution < -0.4 is 14.9 Å². The zero-order valence-electron chi connectivity index (χ0n) is 22.8. The fourth-order valence-electron chi connectivity index (χ4n) is 5.43. The van der Waals surface area contributed by atoms with Crippen molar-refractivity contribution in [1.29, 1.82) is 0 Å². The SMILES string of the molecule is CCc1ccc(-n2c(C)cc([C@H]3[C@H](c4ccccn4)NC(=S)N3c3ccc(NS(C)(=O)=O)c(C)c3)c2C)cc1. The summed E-state index contributed by atoms with van der Waals surface area (Å²) in [4.78, 5) is 6.80. The molecule has 0 aliphatic carbocycles. The molecular formula is C30H33N5O2S2. The van der Waals surface area contributed by atoms with E-state index in [4.69, 9.17) is 12.2 Å². The average molecular weight is 560 g/mol. The van der Waals surface area contributed by atoms with Gasteiger partial charge in [0.25, 0.3) is 0 Å². The Morgan fingerprint density at radius 2 is 1.72 bits per heavy atom. The van der Waals surface area contributed by atoms with Crippen molar-refractivity contribution in [2.75, 3.05) is 15.9 Å². The molecule has 202 valence electrons. The zero-order chi connectivity index (χ0) is 27.9. The molecular weight excluding hydrogens is 526 g/mol. The van der Waals surface area contributed by atoms with E-state index < -0.39 is 10.0 Å². The van der Waals surface area contributed by atoms with Gasteiger partial charge in [0, 0.05) is 29.0 Å². The average Bonchev–Trinajstić information content (AvgIpc) is 3.40. The molecule has 2 N–H and O–H groups in total. The first kappa shape index (κ1) is 26.9. The van der Waals surface area contributed by atoms with Crippen molar-refractivity contribution in [3.8, 4) is 5.69 Å². The Bertz CT molecular complexity index is 1630. The minimum atomic E-state index is -3.39. The number of anilines is 2. The standard InChI is InChI=1S/C30H33N5O2S2/c1-6-22-10-12-23(13-11-22)34-20(3)18-25(21(34)4)29-28(27-9-7-8-16-31-27)32-30(38)35(29)24-14-15-26(19(2)17-24)33-39(5,36)37/h7-18,28-29,33H,6H2,1-5H3,(H,32,38)/t28-,29-/m0/s1. The van der Waals surface area contributed by atoms with Crippen LogP contribution in [0.5, 0.6) is 0 Å². The quantitative estimate of drug-likeness (QED) is 0.274. The molecule has 0 spiro atoms. The minimum absolute atomic E-state index is 0.171. The van der Waals surface area contributed by atoms with E-state index in [1.165, 1.54) is 5.56 Å². The van der Waals surface area contributed by atoms with Gasteiger partial charge in [-0.2, -0.15) is 0 Å². The van der Waals surface area contributed by atoms with Crippen LogP contribution in [0.4, 0.5) is 11.4 Å². The summed E-state index contributed by atoms with van der Waals surface area (Å²) in [5.74, 6) is 0. The fourth-order valence-corrected chi connectivity index (χ4v) is 6.40. The van der Waals surface area contributed by atoms with E-state index in [9.17, 15) is 8.42 Å². The van der Waals surface area contributed by atoms with Crippen LogP contribution >= 0.6 is 12.2 Å². The van der Waals surface area contributed by atoms with Crippen molar-refractivity contribution >= 4 is 38.7 Å². The molecule has 3 heterocycles. The van der Waals surface area contributed by atoms with E-state index in [0.717, 1.165) is 52.3 Å². The lowest BCUT2D eigenvalue weighted by atomic mass is 9.96. The van der Waals surface area contributed by atoms with E-state index in [1.54, 1.807) is 12.3 Å². The monoisotopic (exact) mass is 559 g/mol. The van der Waals surface area contributed by atoms with Gasteiger partial charge in [-0.3, -0.25) is 9.71 Å². The van der Waals surface area contributed by atoms with Gasteiger partial charge >= 0.3 is 0 Å². The van der Waals surface area contributed by atoms with Crippen molar-refractivity contribution in [3.63, 3.8) is 0 Å². The van der Waals surface area contributed by atoms with Crippen molar-refractivity contribution in [1.82, 2.24) is 14.9 Å². The molecule has 1 fully saturated rings. The molecule has 0 unspecified atom stereocenters. The lowest BCUT2D eigenvalue weighted by molar-refractivity contribution is 0.565. The number of aromatic nitrogens is 2. The number of pyridine rings is 1. The number of nitrogens with one attached hydrogen (secondary N) is 2. The zero-order valence-corrected chi connectivity index (χ0v) is 24.4. The van der Waals surface area contributed by atoms with E-state index in [2.05, 4.69) is 75.6 Å². The van der Waals surface area contributed by atoms with Gasteiger partial charge in [-0.05, 0) is 105 Å². The first-order valence-electron chi connectivity index (χ1n) is 12.9. The molecule has 5 rings (SSSR count). The largest absolute Gasteiger partial charge is 0.351 e. The molecule has 0 bridgehead atoms. The third-order valence-corrected chi connectivity index (χ3v) is 8.18. The smallest absolute Gasteiger partial charge is 0.229 e. The van der Waals surface area contributed by atoms with Gasteiger partial charge in [0.1, 0.15) is 0 Å². The molecule has 0 radical (unpaired) electrons. The van der Waals surface area contributed by atoms with Crippen molar-refractivity contribution < 1.29 is 8.42 Å². The second-order valence-electron chi connectivity index (χ2n) is 10.1. The molecule has 7 nitrogen and oxygen atoms in total. The summed E-state index contributed by atoms with van der Waals surface area (Å²) in [5, 5.41) is 4.12. The molecule has 4 aromatic rings. The van der Waals surface area contributed by atoms with Gasteiger partial charge in [0.15, 0.2) is 5.11 Å². The second-order valence-corrected chi connectivity index (χ2v) is 12.2. The van der Waals surface area contributed by atoms with Crippen molar-refractivity contribution in [3.05, 3.63) is 107 Å². The number of rotatable bonds is 7. The van der Waals surface area contributed by atoms with Gasteiger partial charge in [-0.15, -0.1) is 0 Å². The number of hydrogen-bond donors (Lipinski definition) is 2. The summed E-state index contributed by atoms with van der Waals surface area (Å²) in [6, 6.07) is 22.2. The predicted molar refractivity (Wildman–Crippen MR) is 162 cm³/mol. The maximum absolute atomic E-state index is 11.8. The van der Waals surface area contributed by atoms with Crippen LogP contribution in [0.1, 0.15) is 52.8 Å². The fraction of sp³-hybridized carbons (Fsp3) is 0.267. The van der Waals surface area contributed by atoms with Crippen LogP contribution in [0.15, 0.2) is 72.9 Å². The Morgan fingerprint density at radius 1 is 1.00 bits per heavy atom. The van der Waals surface area contributed by atoms with Gasteiger partial charge in [-0.1, -0.05) is 25.1 Å². The van der Waals surface area contributed by atoms with Crippen molar-refractivity contribution in [2.24, 2.45) is 0 Å². The normalized spacial score (nSPS) is 17.4. The van der Waals surface area contributed by atoms with Gasteiger partial charge in [-0.25, -0.2) is 8.42 Å². The lowest BCUT2D eigenvalue weighted by Crippen LogP contribution is -2.29. The van der Waals surface area contributed by atoms with E-state index >= 15 is 0 Å². The first-order chi connectivity index (χ1) is 18.6. The highest BCUT2D eigenvalue weighted by Gasteiger charge is 2.42. The summed E-state index contributed by atoms with van der Waals surface area (Å²) in [7, 11) is -3.39. The van der Waals surface area contributed by atoms with E-state index in [1.807, 2.05) is 37.3 Å². The molecule has 2 aromatic carbocycles. The Balaban J connectivity index is 1.63. The highest BCUT2D eigenvalue weighted by Crippen LogP contribution is 2.44. The molecule has 1 saturated heterocycles. The summed E-state index contributed by atoms with van der Waals surface area (Å²) in [6.07, 6.45) is 3.95. The van der Waals surface area contributed by atoms with Gasteiger partial charge in [0.05, 0.1) is 29.7 Å². The highest BCUT2D eigenvalue weighted by atomic mass is 32.2. The predicted octanol–water partition coefficient (Wildman–Crippen LogP) is 5.91. The number of nitrogens with zero attached hydrogens (tertiary/aromatic N) is 3.